The lowest BCUT2D eigenvalue weighted by atomic mass is 10.2. The molecule has 1 aromatic carbocycles. The molecule has 0 radical (unpaired) electrons. The number of aromatic amines is 1. The molecular weight excluding hydrogens is 269 g/mol. The maximum Gasteiger partial charge on any atom is 0.162 e. The summed E-state index contributed by atoms with van der Waals surface area (Å²) in [4.78, 5) is 15.2. The number of imidazole rings is 1. The van der Waals surface area contributed by atoms with Crippen LogP contribution in [0.5, 0.6) is 0 Å². The summed E-state index contributed by atoms with van der Waals surface area (Å²) in [6, 6.07) is 2.89. The lowest BCUT2D eigenvalue weighted by molar-refractivity contribution is 0.619. The minimum Gasteiger partial charge on any atom is -0.337 e. The van der Waals surface area contributed by atoms with Crippen molar-refractivity contribution >= 4 is 34.3 Å². The van der Waals surface area contributed by atoms with E-state index in [2.05, 4.69) is 25.3 Å². The van der Waals surface area contributed by atoms with Crippen LogP contribution >= 0.6 is 11.6 Å². The van der Waals surface area contributed by atoms with E-state index in [9.17, 15) is 4.39 Å². The average Bonchev–Trinajstić information content (AvgIpc) is 2.85. The number of aromatic nitrogens is 4. The summed E-state index contributed by atoms with van der Waals surface area (Å²) in [7, 11) is 0. The number of nitrogens with zero attached hydrogens (tertiary/aromatic N) is 3. The molecule has 0 unspecified atom stereocenters. The molecule has 2 aromatic heterocycles. The Balaban J connectivity index is 2.06. The fourth-order valence-corrected chi connectivity index (χ4v) is 1.93. The van der Waals surface area contributed by atoms with E-state index in [1.165, 1.54) is 18.7 Å². The van der Waals surface area contributed by atoms with Crippen LogP contribution in [-0.4, -0.2) is 19.9 Å². The minimum atomic E-state index is -0.344. The van der Waals surface area contributed by atoms with Gasteiger partial charge in [0, 0.05) is 0 Å². The Morgan fingerprint density at radius 2 is 2.11 bits per heavy atom. The molecule has 96 valence electrons. The zero-order valence-corrected chi connectivity index (χ0v) is 10.7. The molecule has 2 heterocycles. The molecule has 0 saturated heterocycles. The molecule has 2 N–H and O–H groups in total. The Morgan fingerprint density at radius 1 is 1.26 bits per heavy atom. The maximum absolute atomic E-state index is 13.3. The molecule has 3 aromatic rings. The van der Waals surface area contributed by atoms with E-state index in [0.717, 1.165) is 0 Å². The van der Waals surface area contributed by atoms with Crippen LogP contribution in [0.25, 0.3) is 11.2 Å². The number of fused-ring (bicyclic) bond motifs is 1. The standard InChI is InChI=1S/C12H9ClFN5/c1-6-2-9(7(13)3-8(6)14)19-12-10-11(16-4-15-10)17-5-18-12/h2-5H,1H3,(H2,15,16,17,18,19). The lowest BCUT2D eigenvalue weighted by Gasteiger charge is -2.09. The summed E-state index contributed by atoms with van der Waals surface area (Å²) in [5.41, 5.74) is 2.29. The van der Waals surface area contributed by atoms with Crippen molar-refractivity contribution in [3.8, 4) is 0 Å². The van der Waals surface area contributed by atoms with Crippen LogP contribution in [0, 0.1) is 12.7 Å². The van der Waals surface area contributed by atoms with Gasteiger partial charge in [0.25, 0.3) is 0 Å². The van der Waals surface area contributed by atoms with Crippen LogP contribution in [0.1, 0.15) is 5.56 Å². The first-order valence-electron chi connectivity index (χ1n) is 5.52. The number of hydrogen-bond acceptors (Lipinski definition) is 4. The van der Waals surface area contributed by atoms with Crippen LogP contribution in [-0.2, 0) is 0 Å². The molecule has 0 atom stereocenters. The predicted octanol–water partition coefficient (Wildman–Crippen LogP) is 3.20. The van der Waals surface area contributed by atoms with Crippen molar-refractivity contribution in [1.29, 1.82) is 0 Å². The molecule has 0 spiro atoms. The highest BCUT2D eigenvalue weighted by atomic mass is 35.5. The van der Waals surface area contributed by atoms with E-state index in [-0.39, 0.29) is 10.8 Å². The number of nitrogens with one attached hydrogen (secondary N) is 2. The first kappa shape index (κ1) is 11.9. The normalized spacial score (nSPS) is 10.9. The third kappa shape index (κ3) is 2.10. The smallest absolute Gasteiger partial charge is 0.162 e. The largest absolute Gasteiger partial charge is 0.337 e. The van der Waals surface area contributed by atoms with Crippen LogP contribution in [0.2, 0.25) is 5.02 Å². The second-order valence-electron chi connectivity index (χ2n) is 4.03. The van der Waals surface area contributed by atoms with E-state index in [4.69, 9.17) is 11.6 Å². The highest BCUT2D eigenvalue weighted by Crippen LogP contribution is 2.29. The fourth-order valence-electron chi connectivity index (χ4n) is 1.74. The van der Waals surface area contributed by atoms with Gasteiger partial charge in [-0.2, -0.15) is 0 Å². The van der Waals surface area contributed by atoms with E-state index in [1.54, 1.807) is 13.0 Å². The quantitative estimate of drug-likeness (QED) is 0.755. The Labute approximate surface area is 112 Å². The van der Waals surface area contributed by atoms with Crippen molar-refractivity contribution in [2.75, 3.05) is 5.32 Å². The van der Waals surface area contributed by atoms with Gasteiger partial charge in [-0.05, 0) is 24.6 Å². The number of hydrogen-bond donors (Lipinski definition) is 2. The van der Waals surface area contributed by atoms with Crippen LogP contribution in [0.15, 0.2) is 24.8 Å². The van der Waals surface area contributed by atoms with Gasteiger partial charge in [-0.3, -0.25) is 0 Å². The van der Waals surface area contributed by atoms with E-state index >= 15 is 0 Å². The Morgan fingerprint density at radius 3 is 2.95 bits per heavy atom. The minimum absolute atomic E-state index is 0.283. The molecule has 0 fully saturated rings. The van der Waals surface area contributed by atoms with Crippen molar-refractivity contribution in [2.45, 2.75) is 6.92 Å². The molecule has 19 heavy (non-hydrogen) atoms. The number of rotatable bonds is 2. The monoisotopic (exact) mass is 277 g/mol. The Kier molecular flexibility index (Phi) is 2.79. The van der Waals surface area contributed by atoms with Crippen LogP contribution < -0.4 is 5.32 Å². The summed E-state index contributed by atoms with van der Waals surface area (Å²) < 4.78 is 13.3. The second kappa shape index (κ2) is 4.47. The summed E-state index contributed by atoms with van der Waals surface area (Å²) in [5, 5.41) is 3.32. The summed E-state index contributed by atoms with van der Waals surface area (Å²) in [5.74, 6) is 0.169. The lowest BCUT2D eigenvalue weighted by Crippen LogP contribution is -1.98. The zero-order chi connectivity index (χ0) is 13.4. The van der Waals surface area contributed by atoms with Gasteiger partial charge >= 0.3 is 0 Å². The zero-order valence-electron chi connectivity index (χ0n) is 9.91. The number of H-pyrrole nitrogens is 1. The molecule has 0 aliphatic rings. The molecule has 0 saturated carbocycles. The third-order valence-corrected chi connectivity index (χ3v) is 3.03. The van der Waals surface area contributed by atoms with Gasteiger partial charge in [0.05, 0.1) is 17.0 Å². The first-order valence-corrected chi connectivity index (χ1v) is 5.89. The molecule has 7 heteroatoms. The van der Waals surface area contributed by atoms with Gasteiger partial charge in [0.2, 0.25) is 0 Å². The molecule has 0 aliphatic heterocycles. The van der Waals surface area contributed by atoms with Crippen molar-refractivity contribution in [3.63, 3.8) is 0 Å². The van der Waals surface area contributed by atoms with Gasteiger partial charge in [0.1, 0.15) is 12.1 Å². The van der Waals surface area contributed by atoms with E-state index < -0.39 is 0 Å². The van der Waals surface area contributed by atoms with E-state index in [1.807, 2.05) is 0 Å². The van der Waals surface area contributed by atoms with Gasteiger partial charge in [-0.15, -0.1) is 0 Å². The first-order chi connectivity index (χ1) is 9.15. The molecule has 5 nitrogen and oxygen atoms in total. The number of anilines is 2. The highest BCUT2D eigenvalue weighted by molar-refractivity contribution is 6.33. The molecule has 0 bridgehead atoms. The highest BCUT2D eigenvalue weighted by Gasteiger charge is 2.10. The average molecular weight is 278 g/mol. The molecular formula is C12H9ClFN5. The summed E-state index contributed by atoms with van der Waals surface area (Å²) in [6.07, 6.45) is 2.94. The predicted molar refractivity (Wildman–Crippen MR) is 71.1 cm³/mol. The van der Waals surface area contributed by atoms with Gasteiger partial charge < -0.3 is 10.3 Å². The SMILES string of the molecule is Cc1cc(Nc2ncnc3[nH]cnc23)c(Cl)cc1F. The van der Waals surface area contributed by atoms with Gasteiger partial charge in [0.15, 0.2) is 17.0 Å². The van der Waals surface area contributed by atoms with Crippen LogP contribution in [0.4, 0.5) is 15.9 Å². The van der Waals surface area contributed by atoms with Crippen LogP contribution in [0.3, 0.4) is 0 Å². The second-order valence-corrected chi connectivity index (χ2v) is 4.44. The maximum atomic E-state index is 13.3. The van der Waals surface area contributed by atoms with E-state index in [0.29, 0.717) is 28.2 Å². The summed E-state index contributed by atoms with van der Waals surface area (Å²) in [6.45, 7) is 1.67. The van der Waals surface area contributed by atoms with Gasteiger partial charge in [-0.1, -0.05) is 11.6 Å². The Bertz CT molecular complexity index is 755. The number of benzene rings is 1. The summed E-state index contributed by atoms with van der Waals surface area (Å²) >= 11 is 6.00. The third-order valence-electron chi connectivity index (χ3n) is 2.72. The van der Waals surface area contributed by atoms with Crippen molar-refractivity contribution < 1.29 is 4.39 Å². The molecule has 0 amide bonds. The van der Waals surface area contributed by atoms with Crippen molar-refractivity contribution in [3.05, 3.63) is 41.2 Å². The number of aryl methyl sites for hydroxylation is 1. The molecule has 0 aliphatic carbocycles. The topological polar surface area (TPSA) is 66.5 Å². The fraction of sp³-hybridized carbons (Fsp3) is 0.0833. The van der Waals surface area contributed by atoms with Crippen molar-refractivity contribution in [1.82, 2.24) is 19.9 Å². The van der Waals surface area contributed by atoms with Gasteiger partial charge in [-0.25, -0.2) is 19.3 Å². The number of halogens is 2. The molecule has 3 rings (SSSR count). The Hall–Kier alpha value is -2.21. The van der Waals surface area contributed by atoms with Crippen molar-refractivity contribution in [2.24, 2.45) is 0 Å².